The highest BCUT2D eigenvalue weighted by Gasteiger charge is 2.12. The molecule has 1 N–H and O–H groups in total. The molecule has 24 heavy (non-hydrogen) atoms. The number of hydrogen-bond donors (Lipinski definition) is 1. The van der Waals surface area contributed by atoms with E-state index in [1.807, 2.05) is 35.7 Å². The van der Waals surface area contributed by atoms with Crippen LogP contribution in [0.5, 0.6) is 0 Å². The molecule has 0 spiro atoms. The third-order valence-electron chi connectivity index (χ3n) is 3.20. The van der Waals surface area contributed by atoms with Gasteiger partial charge in [-0.3, -0.25) is 4.79 Å². The summed E-state index contributed by atoms with van der Waals surface area (Å²) in [5, 5.41) is 6.57. The molecule has 0 radical (unpaired) electrons. The van der Waals surface area contributed by atoms with E-state index < -0.39 is 0 Å². The van der Waals surface area contributed by atoms with E-state index in [2.05, 4.69) is 26.2 Å². The van der Waals surface area contributed by atoms with Crippen LogP contribution in [0.15, 0.2) is 52.3 Å². The summed E-state index contributed by atoms with van der Waals surface area (Å²) < 4.78 is 0.856. The second-order valence-electron chi connectivity index (χ2n) is 4.97. The van der Waals surface area contributed by atoms with Crippen molar-refractivity contribution >= 4 is 62.1 Å². The van der Waals surface area contributed by atoms with E-state index in [1.165, 1.54) is 11.3 Å². The van der Waals surface area contributed by atoms with Crippen LogP contribution in [0.4, 0.5) is 5.69 Å². The highest BCUT2D eigenvalue weighted by molar-refractivity contribution is 9.10. The van der Waals surface area contributed by atoms with Crippen LogP contribution in [0.3, 0.4) is 0 Å². The molecule has 0 aliphatic rings. The number of thiazole rings is 1. The van der Waals surface area contributed by atoms with Crippen molar-refractivity contribution in [3.8, 4) is 10.6 Å². The van der Waals surface area contributed by atoms with Crippen LogP contribution in [0, 0.1) is 0 Å². The summed E-state index contributed by atoms with van der Waals surface area (Å²) in [5.74, 6) is -0.171. The lowest BCUT2D eigenvalue weighted by Gasteiger charge is -2.06. The molecule has 0 fully saturated rings. The maximum atomic E-state index is 12.2. The average Bonchev–Trinajstić information content (AvgIpc) is 2.99. The van der Waals surface area contributed by atoms with Crippen LogP contribution >= 0.6 is 50.5 Å². The molecule has 3 nitrogen and oxygen atoms in total. The van der Waals surface area contributed by atoms with Crippen LogP contribution in [0.25, 0.3) is 10.6 Å². The number of halogens is 3. The Morgan fingerprint density at radius 3 is 2.71 bits per heavy atom. The fraction of sp³-hybridized carbons (Fsp3) is 0.0588. The Labute approximate surface area is 161 Å². The second kappa shape index (κ2) is 7.66. The van der Waals surface area contributed by atoms with Gasteiger partial charge in [-0.15, -0.1) is 11.3 Å². The van der Waals surface area contributed by atoms with Gasteiger partial charge in [0.25, 0.3) is 0 Å². The van der Waals surface area contributed by atoms with Gasteiger partial charge in [-0.05, 0) is 24.3 Å². The first kappa shape index (κ1) is 17.4. The van der Waals surface area contributed by atoms with Gasteiger partial charge in [0, 0.05) is 15.4 Å². The predicted octanol–water partition coefficient (Wildman–Crippen LogP) is 6.06. The zero-order valence-corrected chi connectivity index (χ0v) is 16.1. The summed E-state index contributed by atoms with van der Waals surface area (Å²) in [4.78, 5) is 16.7. The van der Waals surface area contributed by atoms with Crippen molar-refractivity contribution in [1.82, 2.24) is 4.98 Å². The number of carbonyl (C=O) groups is 1. The molecule has 0 unspecified atom stereocenters. The monoisotopic (exact) mass is 440 g/mol. The zero-order valence-electron chi connectivity index (χ0n) is 12.2. The first-order chi connectivity index (χ1) is 11.5. The highest BCUT2D eigenvalue weighted by atomic mass is 79.9. The minimum Gasteiger partial charge on any atom is -0.324 e. The Bertz CT molecular complexity index is 898. The van der Waals surface area contributed by atoms with Crippen LogP contribution in [0.2, 0.25) is 10.0 Å². The van der Waals surface area contributed by atoms with Crippen molar-refractivity contribution in [1.29, 1.82) is 0 Å². The quantitative estimate of drug-likeness (QED) is 0.534. The Morgan fingerprint density at radius 2 is 1.96 bits per heavy atom. The van der Waals surface area contributed by atoms with Crippen molar-refractivity contribution in [2.45, 2.75) is 6.42 Å². The van der Waals surface area contributed by atoms with Gasteiger partial charge in [0.2, 0.25) is 5.91 Å². The summed E-state index contributed by atoms with van der Waals surface area (Å²) in [6, 6.07) is 12.8. The molecule has 122 valence electrons. The summed E-state index contributed by atoms with van der Waals surface area (Å²) in [6.45, 7) is 0. The first-order valence-corrected chi connectivity index (χ1v) is 9.40. The normalized spacial score (nSPS) is 10.6. The minimum atomic E-state index is -0.171. The third kappa shape index (κ3) is 4.16. The Balaban J connectivity index is 1.70. The van der Waals surface area contributed by atoms with E-state index in [4.69, 9.17) is 23.2 Å². The molecule has 0 bridgehead atoms. The number of rotatable bonds is 4. The molecule has 1 amide bonds. The standard InChI is InChI=1S/C17H11BrCl2N2OS/c18-10-5-6-15(14(20)7-10)22-16(23)8-11-9-24-17(21-11)12-3-1-2-4-13(12)19/h1-7,9H,8H2,(H,22,23). The predicted molar refractivity (Wildman–Crippen MR) is 104 cm³/mol. The van der Waals surface area contributed by atoms with Crippen molar-refractivity contribution in [2.75, 3.05) is 5.32 Å². The summed E-state index contributed by atoms with van der Waals surface area (Å²) in [7, 11) is 0. The second-order valence-corrected chi connectivity index (χ2v) is 7.56. The minimum absolute atomic E-state index is 0.171. The molecule has 2 aromatic carbocycles. The molecule has 1 heterocycles. The molecular weight excluding hydrogens is 431 g/mol. The van der Waals surface area contributed by atoms with Gasteiger partial charge in [0.1, 0.15) is 5.01 Å². The maximum Gasteiger partial charge on any atom is 0.230 e. The molecule has 0 saturated carbocycles. The number of amides is 1. The summed E-state index contributed by atoms with van der Waals surface area (Å²) >= 11 is 17.1. The van der Waals surface area contributed by atoms with Gasteiger partial charge in [-0.1, -0.05) is 57.3 Å². The number of nitrogens with zero attached hydrogens (tertiary/aromatic N) is 1. The van der Waals surface area contributed by atoms with Crippen molar-refractivity contribution < 1.29 is 4.79 Å². The van der Waals surface area contributed by atoms with Gasteiger partial charge in [-0.2, -0.15) is 0 Å². The molecule has 7 heteroatoms. The molecular formula is C17H11BrCl2N2OS. The van der Waals surface area contributed by atoms with E-state index in [1.54, 1.807) is 12.1 Å². The molecule has 1 aromatic heterocycles. The number of aromatic nitrogens is 1. The first-order valence-electron chi connectivity index (χ1n) is 6.97. The number of carbonyl (C=O) groups excluding carboxylic acids is 1. The van der Waals surface area contributed by atoms with Crippen LogP contribution in [0.1, 0.15) is 5.69 Å². The Morgan fingerprint density at radius 1 is 1.17 bits per heavy atom. The fourth-order valence-corrected chi connectivity index (χ4v) is 3.96. The number of hydrogen-bond acceptors (Lipinski definition) is 3. The molecule has 0 atom stereocenters. The summed E-state index contributed by atoms with van der Waals surface area (Å²) in [5.41, 5.74) is 2.14. The number of nitrogens with one attached hydrogen (secondary N) is 1. The van der Waals surface area contributed by atoms with Crippen LogP contribution in [-0.2, 0) is 11.2 Å². The fourth-order valence-electron chi connectivity index (χ4n) is 2.10. The van der Waals surface area contributed by atoms with Gasteiger partial charge >= 0.3 is 0 Å². The smallest absolute Gasteiger partial charge is 0.230 e. The molecule has 3 aromatic rings. The van der Waals surface area contributed by atoms with E-state index in [0.29, 0.717) is 21.4 Å². The Hall–Kier alpha value is -1.40. The molecule has 0 aliphatic heterocycles. The van der Waals surface area contributed by atoms with Gasteiger partial charge in [0.05, 0.1) is 27.8 Å². The van der Waals surface area contributed by atoms with E-state index in [9.17, 15) is 4.79 Å². The number of benzene rings is 2. The van der Waals surface area contributed by atoms with Gasteiger partial charge in [-0.25, -0.2) is 4.98 Å². The number of anilines is 1. The SMILES string of the molecule is O=C(Cc1csc(-c2ccccc2Cl)n1)Nc1ccc(Br)cc1Cl. The lowest BCUT2D eigenvalue weighted by Crippen LogP contribution is -2.14. The molecule has 0 saturated heterocycles. The zero-order chi connectivity index (χ0) is 17.1. The lowest BCUT2D eigenvalue weighted by atomic mass is 10.2. The van der Waals surface area contributed by atoms with Crippen LogP contribution in [-0.4, -0.2) is 10.9 Å². The average molecular weight is 442 g/mol. The lowest BCUT2D eigenvalue weighted by molar-refractivity contribution is -0.115. The largest absolute Gasteiger partial charge is 0.324 e. The summed E-state index contributed by atoms with van der Waals surface area (Å²) in [6.07, 6.45) is 0.174. The van der Waals surface area contributed by atoms with Crippen LogP contribution < -0.4 is 5.32 Å². The maximum absolute atomic E-state index is 12.2. The van der Waals surface area contributed by atoms with Gasteiger partial charge < -0.3 is 5.32 Å². The highest BCUT2D eigenvalue weighted by Crippen LogP contribution is 2.30. The van der Waals surface area contributed by atoms with Gasteiger partial charge in [0.15, 0.2) is 0 Å². The van der Waals surface area contributed by atoms with Crippen molar-refractivity contribution in [2.24, 2.45) is 0 Å². The van der Waals surface area contributed by atoms with E-state index in [0.717, 1.165) is 15.0 Å². The molecule has 3 rings (SSSR count). The van der Waals surface area contributed by atoms with E-state index >= 15 is 0 Å². The van der Waals surface area contributed by atoms with Crippen molar-refractivity contribution in [3.63, 3.8) is 0 Å². The van der Waals surface area contributed by atoms with Crippen molar-refractivity contribution in [3.05, 3.63) is 68.1 Å². The molecule has 0 aliphatic carbocycles. The van der Waals surface area contributed by atoms with E-state index in [-0.39, 0.29) is 12.3 Å². The third-order valence-corrected chi connectivity index (χ3v) is 5.26. The topological polar surface area (TPSA) is 42.0 Å². The Kier molecular flexibility index (Phi) is 5.56.